The highest BCUT2D eigenvalue weighted by Gasteiger charge is 2.64. The molecule has 30 heavy (non-hydrogen) atoms. The number of nitrogens with zero attached hydrogens (tertiary/aromatic N) is 1. The Morgan fingerprint density at radius 1 is 1.20 bits per heavy atom. The van der Waals surface area contributed by atoms with Gasteiger partial charge in [-0.2, -0.15) is 5.26 Å². The number of ether oxygens (including phenoxy) is 2. The fraction of sp³-hybridized carbons (Fsp3) is 0.423. The van der Waals surface area contributed by atoms with E-state index in [9.17, 15) is 5.26 Å². The molecule has 7 rings (SSSR count). The Morgan fingerprint density at radius 2 is 2.10 bits per heavy atom. The van der Waals surface area contributed by atoms with E-state index < -0.39 is 0 Å². The van der Waals surface area contributed by atoms with Gasteiger partial charge in [-0.1, -0.05) is 30.3 Å². The average molecular weight is 396 g/mol. The molecule has 5 aliphatic rings. The number of nitriles is 1. The second kappa shape index (κ2) is 5.68. The van der Waals surface area contributed by atoms with Crippen LogP contribution in [-0.2, 0) is 18.3 Å². The van der Waals surface area contributed by atoms with Gasteiger partial charge in [0.2, 0.25) is 0 Å². The SMILES string of the molecule is COc1cc2c3c(c1)O[C@H]1[C@@H]4Cc5ccccc5[C@@H](C#N)[C@@H]4C=C4[C@@H](C2)NCC[C@]431. The molecule has 0 unspecified atom stereocenters. The van der Waals surface area contributed by atoms with Crippen LogP contribution < -0.4 is 14.8 Å². The zero-order valence-electron chi connectivity index (χ0n) is 17.0. The fourth-order valence-corrected chi connectivity index (χ4v) is 7.37. The van der Waals surface area contributed by atoms with E-state index in [1.54, 1.807) is 7.11 Å². The van der Waals surface area contributed by atoms with Gasteiger partial charge >= 0.3 is 0 Å². The zero-order valence-corrected chi connectivity index (χ0v) is 17.0. The maximum Gasteiger partial charge on any atom is 0.128 e. The quantitative estimate of drug-likeness (QED) is 0.748. The average Bonchev–Trinajstić information content (AvgIpc) is 3.10. The molecule has 0 amide bonds. The summed E-state index contributed by atoms with van der Waals surface area (Å²) in [6.45, 7) is 1.02. The molecule has 2 aromatic carbocycles. The third-order valence-electron chi connectivity index (χ3n) is 8.43. The van der Waals surface area contributed by atoms with Crippen LogP contribution in [0.5, 0.6) is 11.5 Å². The smallest absolute Gasteiger partial charge is 0.128 e. The Labute approximate surface area is 176 Å². The summed E-state index contributed by atoms with van der Waals surface area (Å²) in [6, 6.07) is 15.8. The lowest BCUT2D eigenvalue weighted by Gasteiger charge is -2.55. The Kier molecular flexibility index (Phi) is 3.21. The molecule has 4 nitrogen and oxygen atoms in total. The number of nitrogens with one attached hydrogen (secondary N) is 1. The maximum atomic E-state index is 10.2. The van der Waals surface area contributed by atoms with Crippen LogP contribution >= 0.6 is 0 Å². The summed E-state index contributed by atoms with van der Waals surface area (Å²) in [5, 5.41) is 13.9. The minimum Gasteiger partial charge on any atom is -0.497 e. The molecule has 2 aliphatic heterocycles. The highest BCUT2D eigenvalue weighted by Crippen LogP contribution is 2.64. The molecule has 150 valence electrons. The van der Waals surface area contributed by atoms with Gasteiger partial charge in [-0.15, -0.1) is 0 Å². The molecule has 1 spiro atoms. The third kappa shape index (κ3) is 1.86. The van der Waals surface area contributed by atoms with E-state index in [0.29, 0.717) is 12.0 Å². The van der Waals surface area contributed by atoms with Crippen LogP contribution in [0.1, 0.15) is 34.6 Å². The van der Waals surface area contributed by atoms with Gasteiger partial charge in [-0.05, 0) is 54.1 Å². The van der Waals surface area contributed by atoms with Crippen LogP contribution in [0.25, 0.3) is 0 Å². The summed E-state index contributed by atoms with van der Waals surface area (Å²) >= 11 is 0. The van der Waals surface area contributed by atoms with Gasteiger partial charge in [0.15, 0.2) is 0 Å². The molecular weight excluding hydrogens is 372 g/mol. The van der Waals surface area contributed by atoms with Crippen molar-refractivity contribution in [1.82, 2.24) is 5.32 Å². The van der Waals surface area contributed by atoms with Crippen molar-refractivity contribution in [2.75, 3.05) is 13.7 Å². The van der Waals surface area contributed by atoms with Crippen LogP contribution in [0.2, 0.25) is 0 Å². The number of fused-ring (bicyclic) bond motifs is 3. The summed E-state index contributed by atoms with van der Waals surface area (Å²) in [4.78, 5) is 0. The van der Waals surface area contributed by atoms with Crippen molar-refractivity contribution >= 4 is 0 Å². The van der Waals surface area contributed by atoms with E-state index in [1.807, 2.05) is 0 Å². The van der Waals surface area contributed by atoms with Crippen molar-refractivity contribution in [2.45, 2.75) is 42.7 Å². The summed E-state index contributed by atoms with van der Waals surface area (Å²) in [6.07, 6.45) is 5.60. The molecule has 6 atom stereocenters. The molecule has 0 radical (unpaired) electrons. The highest BCUT2D eigenvalue weighted by molar-refractivity contribution is 5.64. The van der Waals surface area contributed by atoms with Crippen molar-refractivity contribution in [3.8, 4) is 17.6 Å². The number of benzene rings is 2. The predicted molar refractivity (Wildman–Crippen MR) is 113 cm³/mol. The molecular formula is C26H24N2O2. The van der Waals surface area contributed by atoms with Crippen LogP contribution in [0.4, 0.5) is 0 Å². The van der Waals surface area contributed by atoms with Gasteiger partial charge in [-0.3, -0.25) is 0 Å². The van der Waals surface area contributed by atoms with E-state index in [1.165, 1.54) is 27.8 Å². The van der Waals surface area contributed by atoms with E-state index in [2.05, 4.69) is 53.9 Å². The lowest BCUT2D eigenvalue weighted by Crippen LogP contribution is -2.62. The van der Waals surface area contributed by atoms with E-state index >= 15 is 0 Å². The second-order valence-electron chi connectivity index (χ2n) is 9.50. The largest absolute Gasteiger partial charge is 0.497 e. The summed E-state index contributed by atoms with van der Waals surface area (Å²) in [5.41, 5.74) is 6.74. The molecule has 2 aromatic rings. The Bertz CT molecular complexity index is 1160. The molecule has 0 aromatic heterocycles. The first-order valence-corrected chi connectivity index (χ1v) is 11.1. The fourth-order valence-electron chi connectivity index (χ4n) is 7.37. The molecule has 1 saturated heterocycles. The molecule has 4 heteroatoms. The molecule has 1 N–H and O–H groups in total. The number of piperidine rings is 1. The first-order chi connectivity index (χ1) is 14.7. The maximum absolute atomic E-state index is 10.2. The van der Waals surface area contributed by atoms with Crippen molar-refractivity contribution in [3.05, 3.63) is 70.3 Å². The minimum atomic E-state index is -0.103. The topological polar surface area (TPSA) is 54.3 Å². The number of hydrogen-bond acceptors (Lipinski definition) is 4. The summed E-state index contributed by atoms with van der Waals surface area (Å²) < 4.78 is 12.4. The first kappa shape index (κ1) is 17.0. The Balaban J connectivity index is 1.48. The molecule has 1 fully saturated rings. The second-order valence-corrected chi connectivity index (χ2v) is 9.50. The monoisotopic (exact) mass is 396 g/mol. The first-order valence-electron chi connectivity index (χ1n) is 11.1. The van der Waals surface area contributed by atoms with Crippen LogP contribution in [-0.4, -0.2) is 25.8 Å². The minimum absolute atomic E-state index is 0.0431. The molecule has 0 saturated carbocycles. The van der Waals surface area contributed by atoms with Crippen LogP contribution in [0, 0.1) is 23.2 Å². The standard InChI is InChI=1S/C26H24N2O2/c1-29-16-8-15-10-22-21-12-18-19(9-14-4-2-3-5-17(14)20(18)13-27)25-26(21,6-7-28-22)24(15)23(11-16)30-25/h2-5,8,11-12,18-20,22,25,28H,6-7,9-10H2,1H3/t18-,19-,20-,22-,25+,26+/m1/s1. The molecule has 3 aliphatic carbocycles. The van der Waals surface area contributed by atoms with E-state index in [0.717, 1.165) is 37.3 Å². The lowest BCUT2D eigenvalue weighted by molar-refractivity contribution is 0.0402. The molecule has 2 heterocycles. The van der Waals surface area contributed by atoms with Crippen molar-refractivity contribution in [2.24, 2.45) is 11.8 Å². The van der Waals surface area contributed by atoms with Gasteiger partial charge in [0, 0.05) is 29.5 Å². The van der Waals surface area contributed by atoms with E-state index in [-0.39, 0.29) is 23.4 Å². The third-order valence-corrected chi connectivity index (χ3v) is 8.43. The summed E-state index contributed by atoms with van der Waals surface area (Å²) in [7, 11) is 1.73. The number of hydrogen-bond donors (Lipinski definition) is 1. The number of allylic oxidation sites excluding steroid dienone is 1. The van der Waals surface area contributed by atoms with Gasteiger partial charge < -0.3 is 14.8 Å². The van der Waals surface area contributed by atoms with Gasteiger partial charge in [0.05, 0.1) is 24.5 Å². The lowest BCUT2D eigenvalue weighted by atomic mass is 9.50. The Hall–Kier alpha value is -2.77. The summed E-state index contributed by atoms with van der Waals surface area (Å²) in [5.74, 6) is 2.31. The van der Waals surface area contributed by atoms with Crippen molar-refractivity contribution < 1.29 is 9.47 Å². The Morgan fingerprint density at radius 3 is 2.97 bits per heavy atom. The van der Waals surface area contributed by atoms with Crippen LogP contribution in [0.3, 0.4) is 0 Å². The van der Waals surface area contributed by atoms with E-state index in [4.69, 9.17) is 9.47 Å². The normalized spacial score (nSPS) is 36.4. The predicted octanol–water partition coefficient (Wildman–Crippen LogP) is 3.65. The van der Waals surface area contributed by atoms with Crippen molar-refractivity contribution in [1.29, 1.82) is 5.26 Å². The van der Waals surface area contributed by atoms with Gasteiger partial charge in [-0.25, -0.2) is 0 Å². The van der Waals surface area contributed by atoms with Gasteiger partial charge in [0.25, 0.3) is 0 Å². The van der Waals surface area contributed by atoms with Crippen LogP contribution in [0.15, 0.2) is 48.0 Å². The van der Waals surface area contributed by atoms with Crippen molar-refractivity contribution in [3.63, 3.8) is 0 Å². The molecule has 2 bridgehead atoms. The van der Waals surface area contributed by atoms with Gasteiger partial charge in [0.1, 0.15) is 17.6 Å². The number of rotatable bonds is 1. The zero-order chi connectivity index (χ0) is 20.0. The highest BCUT2D eigenvalue weighted by atomic mass is 16.5. The number of methoxy groups -OCH3 is 1.